The molecular formula is C16H20ClNS. The highest BCUT2D eigenvalue weighted by Gasteiger charge is 2.30. The summed E-state index contributed by atoms with van der Waals surface area (Å²) in [6.07, 6.45) is 4.71. The number of halogens is 1. The summed E-state index contributed by atoms with van der Waals surface area (Å²) in [5.41, 5.74) is 1.18. The monoisotopic (exact) mass is 293 g/mol. The fourth-order valence-corrected chi connectivity index (χ4v) is 4.49. The molecule has 1 aliphatic rings. The summed E-state index contributed by atoms with van der Waals surface area (Å²) in [6.45, 7) is 2.26. The summed E-state index contributed by atoms with van der Waals surface area (Å²) in [6, 6.07) is 10.5. The van der Waals surface area contributed by atoms with Crippen molar-refractivity contribution in [2.75, 3.05) is 0 Å². The third kappa shape index (κ3) is 3.91. The Bertz CT molecular complexity index is 454. The number of thioether (sulfide) groups is 1. The topological polar surface area (TPSA) is 23.8 Å². The third-order valence-corrected chi connectivity index (χ3v) is 5.85. The van der Waals surface area contributed by atoms with E-state index in [0.29, 0.717) is 5.25 Å². The first-order valence-corrected chi connectivity index (χ1v) is 8.41. The third-order valence-electron chi connectivity index (χ3n) is 4.05. The Morgan fingerprint density at radius 3 is 2.84 bits per heavy atom. The number of nitriles is 1. The van der Waals surface area contributed by atoms with E-state index in [4.69, 9.17) is 11.6 Å². The van der Waals surface area contributed by atoms with Crippen LogP contribution in [0.5, 0.6) is 0 Å². The SMILES string of the molecule is CCC1CCC(C#N)C(SCc2ccccc2Cl)C1. The minimum absolute atomic E-state index is 0.218. The van der Waals surface area contributed by atoms with E-state index >= 15 is 0 Å². The molecule has 3 atom stereocenters. The molecule has 1 nitrogen and oxygen atoms in total. The van der Waals surface area contributed by atoms with E-state index in [2.05, 4.69) is 19.1 Å². The molecule has 0 saturated heterocycles. The Morgan fingerprint density at radius 2 is 2.16 bits per heavy atom. The van der Waals surface area contributed by atoms with Gasteiger partial charge in [-0.1, -0.05) is 43.1 Å². The minimum Gasteiger partial charge on any atom is -0.198 e. The summed E-state index contributed by atoms with van der Waals surface area (Å²) in [5.74, 6) is 1.93. The fourth-order valence-electron chi connectivity index (χ4n) is 2.73. The smallest absolute Gasteiger partial charge is 0.0667 e. The number of rotatable bonds is 4. The maximum Gasteiger partial charge on any atom is 0.0667 e. The molecule has 1 fully saturated rings. The minimum atomic E-state index is 0.218. The first-order chi connectivity index (χ1) is 9.24. The molecule has 1 saturated carbocycles. The van der Waals surface area contributed by atoms with Crippen LogP contribution in [-0.2, 0) is 5.75 Å². The molecule has 0 radical (unpaired) electrons. The first kappa shape index (κ1) is 14.8. The van der Waals surface area contributed by atoms with Gasteiger partial charge < -0.3 is 0 Å². The highest BCUT2D eigenvalue weighted by atomic mass is 35.5. The van der Waals surface area contributed by atoms with E-state index in [-0.39, 0.29) is 5.92 Å². The maximum atomic E-state index is 9.28. The molecule has 2 rings (SSSR count). The number of hydrogen-bond donors (Lipinski definition) is 0. The van der Waals surface area contributed by atoms with Gasteiger partial charge >= 0.3 is 0 Å². The van der Waals surface area contributed by atoms with Gasteiger partial charge in [0.25, 0.3) is 0 Å². The van der Waals surface area contributed by atoms with Crippen LogP contribution in [0.25, 0.3) is 0 Å². The number of hydrogen-bond acceptors (Lipinski definition) is 2. The van der Waals surface area contributed by atoms with Crippen molar-refractivity contribution in [2.24, 2.45) is 11.8 Å². The summed E-state index contributed by atoms with van der Waals surface area (Å²) in [5, 5.41) is 10.6. The number of nitrogens with zero attached hydrogens (tertiary/aromatic N) is 1. The zero-order valence-electron chi connectivity index (χ0n) is 11.3. The second-order valence-corrected chi connectivity index (χ2v) is 6.90. The van der Waals surface area contributed by atoms with Crippen molar-refractivity contribution in [2.45, 2.75) is 43.6 Å². The lowest BCUT2D eigenvalue weighted by Gasteiger charge is -2.32. The van der Waals surface area contributed by atoms with Crippen LogP contribution in [0.4, 0.5) is 0 Å². The first-order valence-electron chi connectivity index (χ1n) is 6.99. The molecule has 0 spiro atoms. The molecule has 1 aromatic carbocycles. The van der Waals surface area contributed by atoms with E-state index in [1.807, 2.05) is 30.0 Å². The van der Waals surface area contributed by atoms with Gasteiger partial charge in [-0.3, -0.25) is 0 Å². The standard InChI is InChI=1S/C16H20ClNS/c1-2-12-7-8-13(10-18)16(9-12)19-11-14-5-3-4-6-15(14)17/h3-6,12-13,16H,2,7-9,11H2,1H3. The van der Waals surface area contributed by atoms with Crippen LogP contribution in [0.15, 0.2) is 24.3 Å². The van der Waals surface area contributed by atoms with Gasteiger partial charge in [0.15, 0.2) is 0 Å². The maximum absolute atomic E-state index is 9.28. The van der Waals surface area contributed by atoms with Gasteiger partial charge in [-0.15, -0.1) is 0 Å². The van der Waals surface area contributed by atoms with Gasteiger partial charge in [0.1, 0.15) is 0 Å². The molecular weight excluding hydrogens is 274 g/mol. The van der Waals surface area contributed by atoms with E-state index in [1.165, 1.54) is 24.8 Å². The molecule has 102 valence electrons. The lowest BCUT2D eigenvalue weighted by Crippen LogP contribution is -2.26. The van der Waals surface area contributed by atoms with Crippen LogP contribution in [0, 0.1) is 23.2 Å². The average molecular weight is 294 g/mol. The number of benzene rings is 1. The van der Waals surface area contributed by atoms with Crippen molar-refractivity contribution in [1.29, 1.82) is 5.26 Å². The molecule has 0 aromatic heterocycles. The lowest BCUT2D eigenvalue weighted by molar-refractivity contribution is 0.317. The molecule has 0 bridgehead atoms. The van der Waals surface area contributed by atoms with E-state index < -0.39 is 0 Å². The van der Waals surface area contributed by atoms with Crippen molar-refractivity contribution < 1.29 is 0 Å². The van der Waals surface area contributed by atoms with Gasteiger partial charge in [-0.25, -0.2) is 0 Å². The normalized spacial score (nSPS) is 26.9. The van der Waals surface area contributed by atoms with Crippen molar-refractivity contribution in [3.05, 3.63) is 34.9 Å². The van der Waals surface area contributed by atoms with Crippen molar-refractivity contribution in [3.8, 4) is 6.07 Å². The largest absolute Gasteiger partial charge is 0.198 e. The van der Waals surface area contributed by atoms with Crippen LogP contribution in [-0.4, -0.2) is 5.25 Å². The summed E-state index contributed by atoms with van der Waals surface area (Å²) in [4.78, 5) is 0. The quantitative estimate of drug-likeness (QED) is 0.753. The molecule has 3 unspecified atom stereocenters. The van der Waals surface area contributed by atoms with Crippen molar-refractivity contribution in [3.63, 3.8) is 0 Å². The molecule has 0 heterocycles. The van der Waals surface area contributed by atoms with Gasteiger partial charge in [0.05, 0.1) is 12.0 Å². The lowest BCUT2D eigenvalue weighted by atomic mass is 9.81. The van der Waals surface area contributed by atoms with Crippen LogP contribution in [0.3, 0.4) is 0 Å². The highest BCUT2D eigenvalue weighted by molar-refractivity contribution is 7.99. The van der Waals surface area contributed by atoms with E-state index in [9.17, 15) is 5.26 Å². The van der Waals surface area contributed by atoms with Crippen LogP contribution < -0.4 is 0 Å². The fraction of sp³-hybridized carbons (Fsp3) is 0.562. The molecule has 0 aliphatic heterocycles. The molecule has 1 aromatic rings. The second kappa shape index (κ2) is 7.22. The average Bonchev–Trinajstić information content (AvgIpc) is 2.46. The molecule has 3 heteroatoms. The van der Waals surface area contributed by atoms with Crippen LogP contribution >= 0.6 is 23.4 Å². The zero-order valence-corrected chi connectivity index (χ0v) is 12.9. The molecule has 0 N–H and O–H groups in total. The zero-order chi connectivity index (χ0) is 13.7. The Morgan fingerprint density at radius 1 is 1.37 bits per heavy atom. The summed E-state index contributed by atoms with van der Waals surface area (Å²) >= 11 is 8.10. The van der Waals surface area contributed by atoms with E-state index in [0.717, 1.165) is 23.1 Å². The Hall–Kier alpha value is -0.650. The van der Waals surface area contributed by atoms with Crippen molar-refractivity contribution >= 4 is 23.4 Å². The van der Waals surface area contributed by atoms with Crippen LogP contribution in [0.1, 0.15) is 38.2 Å². The van der Waals surface area contributed by atoms with Gasteiger partial charge in [-0.2, -0.15) is 17.0 Å². The Kier molecular flexibility index (Phi) is 5.60. The van der Waals surface area contributed by atoms with Crippen molar-refractivity contribution in [1.82, 2.24) is 0 Å². The predicted molar refractivity (Wildman–Crippen MR) is 83.3 cm³/mol. The van der Waals surface area contributed by atoms with Crippen LogP contribution in [0.2, 0.25) is 5.02 Å². The molecule has 0 amide bonds. The second-order valence-electron chi connectivity index (χ2n) is 5.26. The molecule has 19 heavy (non-hydrogen) atoms. The van der Waals surface area contributed by atoms with Gasteiger partial charge in [0, 0.05) is 16.0 Å². The summed E-state index contributed by atoms with van der Waals surface area (Å²) in [7, 11) is 0. The predicted octanol–water partition coefficient (Wildman–Crippen LogP) is 5.29. The van der Waals surface area contributed by atoms with Gasteiger partial charge in [-0.05, 0) is 36.8 Å². The Labute approximate surface area is 125 Å². The Balaban J connectivity index is 1.96. The van der Waals surface area contributed by atoms with E-state index in [1.54, 1.807) is 0 Å². The molecule has 1 aliphatic carbocycles. The summed E-state index contributed by atoms with van der Waals surface area (Å²) < 4.78 is 0. The highest BCUT2D eigenvalue weighted by Crippen LogP contribution is 2.39. The van der Waals surface area contributed by atoms with Gasteiger partial charge in [0.2, 0.25) is 0 Å².